The second kappa shape index (κ2) is 18.9. The lowest BCUT2D eigenvalue weighted by molar-refractivity contribution is -0.320. The van der Waals surface area contributed by atoms with Crippen LogP contribution in [0.1, 0.15) is 102 Å². The lowest BCUT2D eigenvalue weighted by Crippen LogP contribution is -2.62. The molecule has 0 unspecified atom stereocenters. The molecule has 15 nitrogen and oxygen atoms in total. The summed E-state index contributed by atoms with van der Waals surface area (Å²) in [5.41, 5.74) is -4.32. The molecule has 3 fully saturated rings. The summed E-state index contributed by atoms with van der Waals surface area (Å²) in [5.74, 6) is -5.13. The van der Waals surface area contributed by atoms with Gasteiger partial charge in [-0.25, -0.2) is 0 Å². The van der Waals surface area contributed by atoms with Crippen molar-refractivity contribution in [3.63, 3.8) is 0 Å². The maximum Gasteiger partial charge on any atom is 0.311 e. The summed E-state index contributed by atoms with van der Waals surface area (Å²) in [5, 5.41) is 34.1. The Labute approximate surface area is 327 Å². The highest BCUT2D eigenvalue weighted by Gasteiger charge is 2.54. The quantitative estimate of drug-likeness (QED) is 0.289. The summed E-state index contributed by atoms with van der Waals surface area (Å²) in [6, 6.07) is -0.280. The third-order valence-corrected chi connectivity index (χ3v) is 12.5. The molecule has 0 aliphatic carbocycles. The van der Waals surface area contributed by atoms with Gasteiger partial charge in [-0.2, -0.15) is 0 Å². The number of carbonyl (C=O) groups is 3. The van der Waals surface area contributed by atoms with Crippen molar-refractivity contribution in [1.82, 2.24) is 4.90 Å². The van der Waals surface area contributed by atoms with Gasteiger partial charge >= 0.3 is 11.9 Å². The van der Waals surface area contributed by atoms with Crippen molar-refractivity contribution in [2.24, 2.45) is 23.7 Å². The first kappa shape index (κ1) is 47.6. The van der Waals surface area contributed by atoms with Crippen LogP contribution in [-0.2, 0) is 52.3 Å². The average Bonchev–Trinajstić information content (AvgIpc) is 3.12. The van der Waals surface area contributed by atoms with Crippen molar-refractivity contribution in [2.75, 3.05) is 28.3 Å². The highest BCUT2D eigenvalue weighted by molar-refractivity contribution is 5.83. The first-order valence-electron chi connectivity index (χ1n) is 19.8. The summed E-state index contributed by atoms with van der Waals surface area (Å²) in [7, 11) is 6.77. The highest BCUT2D eigenvalue weighted by atomic mass is 16.7. The molecule has 0 spiro atoms. The Morgan fingerprint density at radius 2 is 1.47 bits per heavy atom. The van der Waals surface area contributed by atoms with E-state index in [1.54, 1.807) is 48.5 Å². The van der Waals surface area contributed by atoms with E-state index in [2.05, 4.69) is 0 Å². The van der Waals surface area contributed by atoms with E-state index in [1.807, 2.05) is 32.8 Å². The Balaban J connectivity index is 2.27. The van der Waals surface area contributed by atoms with Crippen LogP contribution < -0.4 is 0 Å². The van der Waals surface area contributed by atoms with Gasteiger partial charge in [0.1, 0.15) is 23.6 Å². The first-order valence-corrected chi connectivity index (χ1v) is 19.8. The van der Waals surface area contributed by atoms with E-state index >= 15 is 0 Å². The number of esters is 2. The van der Waals surface area contributed by atoms with Crippen molar-refractivity contribution >= 4 is 17.7 Å². The van der Waals surface area contributed by atoms with Crippen LogP contribution in [0.4, 0.5) is 0 Å². The summed E-state index contributed by atoms with van der Waals surface area (Å²) >= 11 is 0. The van der Waals surface area contributed by atoms with Gasteiger partial charge in [0.05, 0.1) is 53.7 Å². The number of aliphatic hydroxyl groups is 3. The molecule has 3 N–H and O–H groups in total. The molecular formula is C40H71NO14. The molecule has 0 bridgehead atoms. The van der Waals surface area contributed by atoms with Crippen LogP contribution in [0.25, 0.3) is 0 Å². The van der Waals surface area contributed by atoms with E-state index < -0.39 is 108 Å². The van der Waals surface area contributed by atoms with Gasteiger partial charge in [0, 0.05) is 45.3 Å². The number of likely N-dealkylation sites (N-methyl/N-ethyl adjacent to an activating group) is 1. The molecule has 320 valence electrons. The van der Waals surface area contributed by atoms with Crippen molar-refractivity contribution in [1.29, 1.82) is 0 Å². The van der Waals surface area contributed by atoms with Gasteiger partial charge in [0.15, 0.2) is 18.7 Å². The fourth-order valence-corrected chi connectivity index (χ4v) is 8.89. The lowest BCUT2D eigenvalue weighted by Gasteiger charge is -2.50. The van der Waals surface area contributed by atoms with E-state index in [-0.39, 0.29) is 37.2 Å². The van der Waals surface area contributed by atoms with Crippen LogP contribution in [0.3, 0.4) is 0 Å². The van der Waals surface area contributed by atoms with Gasteiger partial charge in [-0.1, -0.05) is 27.7 Å². The number of methoxy groups -OCH3 is 2. The Morgan fingerprint density at radius 1 is 0.873 bits per heavy atom. The standard InChI is InChI=1S/C40H71NO14/c1-16-28-40(11,47)33(44)22(4)30(43)20(2)18-39(10,49-15)35(55-37-32(52-26(8)42)27(41(12)13)17-21(3)50-37)23(5)31(24(6)36(46)53-28)54-29-19-38(9,48-14)34(45)25(7)51-29/h20-25,27-29,31-35,37,44-45,47H,16-19H2,1-15H3/t20-,21-,22+,23+,24-,25+,27+,28-,29+,31+,32-,33-,34+,35-,37+,38-,39-,40-/m1/s1. The molecule has 0 aromatic heterocycles. The molecule has 18 atom stereocenters. The predicted molar refractivity (Wildman–Crippen MR) is 201 cm³/mol. The molecule has 3 rings (SSSR count). The van der Waals surface area contributed by atoms with E-state index in [4.69, 9.17) is 37.9 Å². The number of Topliss-reactive ketones (excluding diaryl/α,β-unsaturated/α-hetero) is 1. The zero-order valence-electron chi connectivity index (χ0n) is 35.8. The minimum atomic E-state index is -1.98. The second-order valence-corrected chi connectivity index (χ2v) is 17.2. The van der Waals surface area contributed by atoms with Crippen molar-refractivity contribution in [3.8, 4) is 0 Å². The van der Waals surface area contributed by atoms with Crippen molar-refractivity contribution in [3.05, 3.63) is 0 Å². The molecule has 0 radical (unpaired) electrons. The zero-order chi connectivity index (χ0) is 42.0. The van der Waals surface area contributed by atoms with Gasteiger partial charge in [-0.05, 0) is 74.9 Å². The number of ketones is 1. The minimum Gasteiger partial charge on any atom is -0.459 e. The van der Waals surface area contributed by atoms with E-state index in [0.29, 0.717) is 6.42 Å². The van der Waals surface area contributed by atoms with Crippen LogP contribution in [0.15, 0.2) is 0 Å². The molecule has 3 aliphatic heterocycles. The molecule has 0 aromatic rings. The number of aliphatic hydroxyl groups excluding tert-OH is 2. The summed E-state index contributed by atoms with van der Waals surface area (Å²) in [4.78, 5) is 42.8. The van der Waals surface area contributed by atoms with E-state index in [0.717, 1.165) is 0 Å². The van der Waals surface area contributed by atoms with Gasteiger partial charge < -0.3 is 58.1 Å². The Morgan fingerprint density at radius 3 is 2.00 bits per heavy atom. The van der Waals surface area contributed by atoms with Crippen LogP contribution >= 0.6 is 0 Å². The molecule has 0 aromatic carbocycles. The number of nitrogens with zero attached hydrogens (tertiary/aromatic N) is 1. The molecule has 55 heavy (non-hydrogen) atoms. The van der Waals surface area contributed by atoms with Crippen LogP contribution in [0.2, 0.25) is 0 Å². The highest BCUT2D eigenvalue weighted by Crippen LogP contribution is 2.42. The Bertz CT molecular complexity index is 1300. The number of hydrogen-bond acceptors (Lipinski definition) is 15. The van der Waals surface area contributed by atoms with Crippen molar-refractivity contribution < 1.29 is 67.6 Å². The predicted octanol–water partition coefficient (Wildman–Crippen LogP) is 3.01. The van der Waals surface area contributed by atoms with E-state index in [1.165, 1.54) is 28.1 Å². The SMILES string of the molecule is CC[C@H]1OC(=O)[C@H](C)[C@@H](O[C@H]2C[C@@](C)(OC)[C@@H](O)[C@H](C)O2)[C@H](C)[C@@H](O[C@@H]2O[C@H](C)C[C@H](N(C)C)[C@H]2OC(C)=O)[C@](C)(OC)C[C@@H](C)C(=O)[C@H](C)[C@@H](O)[C@]1(C)O. The molecule has 15 heteroatoms. The third kappa shape index (κ3) is 10.5. The van der Waals surface area contributed by atoms with E-state index in [9.17, 15) is 29.7 Å². The summed E-state index contributed by atoms with van der Waals surface area (Å²) in [6.07, 6.45) is -8.82. The number of carbonyl (C=O) groups excluding carboxylic acids is 3. The smallest absolute Gasteiger partial charge is 0.311 e. The monoisotopic (exact) mass is 789 g/mol. The molecule has 3 saturated heterocycles. The minimum absolute atomic E-state index is 0.0851. The summed E-state index contributed by atoms with van der Waals surface area (Å²) < 4.78 is 50.3. The number of hydrogen-bond donors (Lipinski definition) is 3. The number of ether oxygens (including phenoxy) is 8. The zero-order valence-corrected chi connectivity index (χ0v) is 35.8. The van der Waals surface area contributed by atoms with Crippen LogP contribution in [-0.4, -0.2) is 151 Å². The molecule has 0 saturated carbocycles. The Hall–Kier alpha value is -1.79. The van der Waals surface area contributed by atoms with Gasteiger partial charge in [0.2, 0.25) is 0 Å². The lowest BCUT2D eigenvalue weighted by atomic mass is 9.74. The third-order valence-electron chi connectivity index (χ3n) is 12.5. The first-order chi connectivity index (χ1) is 25.4. The topological polar surface area (TPSA) is 189 Å². The van der Waals surface area contributed by atoms with Crippen LogP contribution in [0, 0.1) is 23.7 Å². The van der Waals surface area contributed by atoms with Gasteiger partial charge in [-0.3, -0.25) is 14.4 Å². The normalized spacial score (nSPS) is 46.9. The van der Waals surface area contributed by atoms with Gasteiger partial charge in [0.25, 0.3) is 0 Å². The number of cyclic esters (lactones) is 1. The molecule has 0 amide bonds. The van der Waals surface area contributed by atoms with Gasteiger partial charge in [-0.15, -0.1) is 0 Å². The maximum atomic E-state index is 14.3. The Kier molecular flexibility index (Phi) is 16.3. The molecule has 3 heterocycles. The molecular weight excluding hydrogens is 718 g/mol. The fourth-order valence-electron chi connectivity index (χ4n) is 8.89. The molecule has 3 aliphatic rings. The largest absolute Gasteiger partial charge is 0.459 e. The second-order valence-electron chi connectivity index (χ2n) is 17.2. The maximum absolute atomic E-state index is 14.3. The fraction of sp³-hybridized carbons (Fsp3) is 0.925. The number of rotatable bonds is 9. The van der Waals surface area contributed by atoms with Crippen LogP contribution in [0.5, 0.6) is 0 Å². The van der Waals surface area contributed by atoms with Crippen molar-refractivity contribution in [2.45, 2.75) is 186 Å². The average molecular weight is 790 g/mol. The summed E-state index contributed by atoms with van der Waals surface area (Å²) in [6.45, 7) is 18.3.